The maximum atomic E-state index is 10.8. The highest BCUT2D eigenvalue weighted by molar-refractivity contribution is 5.92. The zero-order chi connectivity index (χ0) is 10.3. The Morgan fingerprint density at radius 2 is 2.23 bits per heavy atom. The van der Waals surface area contributed by atoms with Crippen molar-refractivity contribution >= 4 is 12.4 Å². The van der Waals surface area contributed by atoms with Crippen LogP contribution in [0.3, 0.4) is 0 Å². The van der Waals surface area contributed by atoms with Gasteiger partial charge in [-0.2, -0.15) is 0 Å². The van der Waals surface area contributed by atoms with Gasteiger partial charge in [0.15, 0.2) is 0 Å². The zero-order valence-electron chi connectivity index (χ0n) is 7.10. The molecule has 5 nitrogen and oxygen atoms in total. The van der Waals surface area contributed by atoms with E-state index in [4.69, 9.17) is 5.11 Å². The van der Waals surface area contributed by atoms with Crippen molar-refractivity contribution in [2.24, 2.45) is 0 Å². The Hall–Kier alpha value is -1.20. The average Bonchev–Trinajstić information content (AvgIpc) is 2.13. The summed E-state index contributed by atoms with van der Waals surface area (Å²) in [5.74, 6) is -0.944. The Labute approximate surface area is 75.6 Å². The fourth-order valence-corrected chi connectivity index (χ4v) is 0.714. The van der Waals surface area contributed by atoms with Crippen LogP contribution in [0.5, 0.6) is 0 Å². The standard InChI is InChI=1S/C8H12O5/c1-6(8(12)13-5-10)7(11)3-2-4-9/h5,7,9,11H,1-4H2. The van der Waals surface area contributed by atoms with Crippen LogP contribution >= 0.6 is 0 Å². The number of esters is 1. The van der Waals surface area contributed by atoms with Gasteiger partial charge in [-0.3, -0.25) is 4.79 Å². The van der Waals surface area contributed by atoms with E-state index >= 15 is 0 Å². The summed E-state index contributed by atoms with van der Waals surface area (Å²) in [5, 5.41) is 17.6. The number of carbonyl (C=O) groups is 2. The number of ether oxygens (including phenoxy) is 1. The second kappa shape index (κ2) is 6.33. The first-order chi connectivity index (χ1) is 6.13. The summed E-state index contributed by atoms with van der Waals surface area (Å²) in [7, 11) is 0. The first-order valence-corrected chi connectivity index (χ1v) is 3.75. The van der Waals surface area contributed by atoms with Gasteiger partial charge in [0.25, 0.3) is 0 Å². The first kappa shape index (κ1) is 11.8. The maximum absolute atomic E-state index is 10.8. The van der Waals surface area contributed by atoms with Gasteiger partial charge in [-0.05, 0) is 12.8 Å². The van der Waals surface area contributed by atoms with Gasteiger partial charge in [-0.1, -0.05) is 6.58 Å². The summed E-state index contributed by atoms with van der Waals surface area (Å²) >= 11 is 0. The molecular formula is C8H12O5. The molecule has 0 amide bonds. The van der Waals surface area contributed by atoms with E-state index in [0.717, 1.165) is 0 Å². The largest absolute Gasteiger partial charge is 0.396 e. The van der Waals surface area contributed by atoms with Crippen LogP contribution in [0, 0.1) is 0 Å². The highest BCUT2D eigenvalue weighted by atomic mass is 16.6. The number of aliphatic hydroxyl groups excluding tert-OH is 2. The molecule has 5 heteroatoms. The Morgan fingerprint density at radius 1 is 1.62 bits per heavy atom. The minimum atomic E-state index is -1.07. The van der Waals surface area contributed by atoms with Crippen LogP contribution in [0.25, 0.3) is 0 Å². The van der Waals surface area contributed by atoms with E-state index in [0.29, 0.717) is 6.42 Å². The second-order valence-corrected chi connectivity index (χ2v) is 2.41. The summed E-state index contributed by atoms with van der Waals surface area (Å²) in [6.45, 7) is 3.16. The van der Waals surface area contributed by atoms with E-state index in [2.05, 4.69) is 11.3 Å². The highest BCUT2D eigenvalue weighted by Crippen LogP contribution is 2.07. The molecule has 0 spiro atoms. The van der Waals surface area contributed by atoms with E-state index in [1.54, 1.807) is 0 Å². The van der Waals surface area contributed by atoms with Crippen molar-refractivity contribution in [2.75, 3.05) is 6.61 Å². The van der Waals surface area contributed by atoms with Crippen LogP contribution in [0.15, 0.2) is 12.2 Å². The SMILES string of the molecule is C=C(C(=O)OC=O)C(O)CCCO. The molecule has 0 aromatic carbocycles. The Kier molecular flexibility index (Phi) is 5.75. The minimum absolute atomic E-state index is 0.0216. The molecule has 0 aliphatic rings. The topological polar surface area (TPSA) is 83.8 Å². The zero-order valence-corrected chi connectivity index (χ0v) is 7.10. The van der Waals surface area contributed by atoms with Crippen LogP contribution in [0.1, 0.15) is 12.8 Å². The van der Waals surface area contributed by atoms with Gasteiger partial charge in [-0.25, -0.2) is 4.79 Å². The number of carbonyl (C=O) groups excluding carboxylic acids is 2. The summed E-state index contributed by atoms with van der Waals surface area (Å²) in [6, 6.07) is 0. The molecular weight excluding hydrogens is 176 g/mol. The molecule has 0 bridgehead atoms. The van der Waals surface area contributed by atoms with E-state index in [9.17, 15) is 14.7 Å². The molecule has 0 aliphatic carbocycles. The lowest BCUT2D eigenvalue weighted by atomic mass is 10.1. The average molecular weight is 188 g/mol. The smallest absolute Gasteiger partial charge is 0.343 e. The highest BCUT2D eigenvalue weighted by Gasteiger charge is 2.16. The minimum Gasteiger partial charge on any atom is -0.396 e. The van der Waals surface area contributed by atoms with E-state index < -0.39 is 12.1 Å². The van der Waals surface area contributed by atoms with Crippen LogP contribution in [0.2, 0.25) is 0 Å². The van der Waals surface area contributed by atoms with Crippen LogP contribution < -0.4 is 0 Å². The normalized spacial score (nSPS) is 11.8. The van der Waals surface area contributed by atoms with E-state index in [-0.39, 0.29) is 25.1 Å². The van der Waals surface area contributed by atoms with Crippen molar-refractivity contribution in [2.45, 2.75) is 18.9 Å². The van der Waals surface area contributed by atoms with E-state index in [1.807, 2.05) is 0 Å². The van der Waals surface area contributed by atoms with Crippen LogP contribution in [-0.4, -0.2) is 35.4 Å². The summed E-state index contributed by atoms with van der Waals surface area (Å²) < 4.78 is 3.96. The van der Waals surface area contributed by atoms with E-state index in [1.165, 1.54) is 0 Å². The lowest BCUT2D eigenvalue weighted by Gasteiger charge is -2.09. The van der Waals surface area contributed by atoms with Gasteiger partial charge in [0.1, 0.15) is 0 Å². The van der Waals surface area contributed by atoms with Gasteiger partial charge >= 0.3 is 12.4 Å². The first-order valence-electron chi connectivity index (χ1n) is 3.75. The number of hydrogen-bond donors (Lipinski definition) is 2. The van der Waals surface area contributed by atoms with Gasteiger partial charge in [0, 0.05) is 6.61 Å². The predicted octanol–water partition coefficient (Wildman–Crippen LogP) is -0.624. The lowest BCUT2D eigenvalue weighted by molar-refractivity contribution is -0.148. The molecule has 0 fully saturated rings. The third kappa shape index (κ3) is 4.39. The monoisotopic (exact) mass is 188 g/mol. The number of hydrogen-bond acceptors (Lipinski definition) is 5. The molecule has 0 saturated carbocycles. The third-order valence-corrected chi connectivity index (χ3v) is 1.46. The molecule has 13 heavy (non-hydrogen) atoms. The van der Waals surface area contributed by atoms with Gasteiger partial charge < -0.3 is 14.9 Å². The molecule has 0 radical (unpaired) electrons. The van der Waals surface area contributed by atoms with Crippen molar-refractivity contribution in [1.29, 1.82) is 0 Å². The molecule has 2 N–H and O–H groups in total. The molecule has 0 heterocycles. The van der Waals surface area contributed by atoms with Gasteiger partial charge in [0.05, 0.1) is 11.7 Å². The number of aliphatic hydroxyl groups is 2. The van der Waals surface area contributed by atoms with Crippen LogP contribution in [-0.2, 0) is 14.3 Å². The van der Waals surface area contributed by atoms with Crippen molar-refractivity contribution in [3.63, 3.8) is 0 Å². The van der Waals surface area contributed by atoms with Gasteiger partial charge in [-0.15, -0.1) is 0 Å². The van der Waals surface area contributed by atoms with Crippen molar-refractivity contribution < 1.29 is 24.5 Å². The van der Waals surface area contributed by atoms with Crippen LogP contribution in [0.4, 0.5) is 0 Å². The fraction of sp³-hybridized carbons (Fsp3) is 0.500. The molecule has 0 rings (SSSR count). The maximum Gasteiger partial charge on any atom is 0.343 e. The molecule has 0 aromatic rings. The third-order valence-electron chi connectivity index (χ3n) is 1.46. The quantitative estimate of drug-likeness (QED) is 0.251. The van der Waals surface area contributed by atoms with Gasteiger partial charge in [0.2, 0.25) is 0 Å². The molecule has 74 valence electrons. The van der Waals surface area contributed by atoms with Crippen molar-refractivity contribution in [3.8, 4) is 0 Å². The molecule has 0 aromatic heterocycles. The molecule has 0 aliphatic heterocycles. The Balaban J connectivity index is 3.93. The fourth-order valence-electron chi connectivity index (χ4n) is 0.714. The molecule has 0 saturated heterocycles. The lowest BCUT2D eigenvalue weighted by Crippen LogP contribution is -2.19. The Morgan fingerprint density at radius 3 is 2.69 bits per heavy atom. The number of rotatable bonds is 6. The van der Waals surface area contributed by atoms with Crippen molar-refractivity contribution in [3.05, 3.63) is 12.2 Å². The summed E-state index contributed by atoms with van der Waals surface area (Å²) in [5.41, 5.74) is -0.180. The molecule has 1 atom stereocenters. The predicted molar refractivity (Wildman–Crippen MR) is 43.6 cm³/mol. The second-order valence-electron chi connectivity index (χ2n) is 2.41. The summed E-state index contributed by atoms with van der Waals surface area (Å²) in [4.78, 5) is 20.5. The summed E-state index contributed by atoms with van der Waals surface area (Å²) in [6.07, 6.45) is -0.503. The van der Waals surface area contributed by atoms with Crippen molar-refractivity contribution in [1.82, 2.24) is 0 Å². The Bertz CT molecular complexity index is 199. The molecule has 1 unspecified atom stereocenters.